The van der Waals surface area contributed by atoms with Crippen molar-refractivity contribution in [2.45, 2.75) is 23.8 Å². The van der Waals surface area contributed by atoms with Crippen LogP contribution in [0.3, 0.4) is 0 Å². The molecule has 1 fully saturated rings. The van der Waals surface area contributed by atoms with Crippen LogP contribution in [0.2, 0.25) is 0 Å². The first kappa shape index (κ1) is 22.8. The number of pyridine rings is 1. The Kier molecular flexibility index (Phi) is 4.55. The van der Waals surface area contributed by atoms with E-state index >= 15 is 0 Å². The SMILES string of the molecule is COc1nc2c(C)cccc2cc1[C@@H]1CN(C)C2(C(=O)c3ccccc3C2=O)[C@@]12C(=O)Nc1ccccc12. The summed E-state index contributed by atoms with van der Waals surface area (Å²) in [5, 5.41) is 3.92. The minimum Gasteiger partial charge on any atom is -0.481 e. The molecule has 0 unspecified atom stereocenters. The zero-order valence-corrected chi connectivity index (χ0v) is 21.2. The van der Waals surface area contributed by atoms with Gasteiger partial charge in [0.1, 0.15) is 5.41 Å². The van der Waals surface area contributed by atoms with Crippen LogP contribution >= 0.6 is 0 Å². The van der Waals surface area contributed by atoms with Gasteiger partial charge in [-0.25, -0.2) is 4.98 Å². The van der Waals surface area contributed by atoms with E-state index in [9.17, 15) is 14.4 Å². The van der Waals surface area contributed by atoms with E-state index in [0.717, 1.165) is 16.5 Å². The average molecular weight is 504 g/mol. The number of likely N-dealkylation sites (tertiary alicyclic amines) is 1. The fourth-order valence-corrected chi connectivity index (χ4v) is 7.25. The summed E-state index contributed by atoms with van der Waals surface area (Å²) in [5.74, 6) is -1.27. The maximum absolute atomic E-state index is 14.5. The number of fused-ring (bicyclic) bond motifs is 5. The second-order valence-corrected chi connectivity index (χ2v) is 10.4. The number of benzene rings is 3. The Morgan fingerprint density at radius 3 is 2.34 bits per heavy atom. The van der Waals surface area contributed by atoms with Gasteiger partial charge in [0.25, 0.3) is 0 Å². The highest BCUT2D eigenvalue weighted by molar-refractivity contribution is 6.37. The van der Waals surface area contributed by atoms with Crippen LogP contribution in [0, 0.1) is 6.92 Å². The van der Waals surface area contributed by atoms with Crippen molar-refractivity contribution in [3.63, 3.8) is 0 Å². The van der Waals surface area contributed by atoms with Crippen molar-refractivity contribution in [3.8, 4) is 5.88 Å². The largest absolute Gasteiger partial charge is 0.481 e. The number of carbonyl (C=O) groups is 3. The first-order valence-electron chi connectivity index (χ1n) is 12.6. The molecule has 7 heteroatoms. The Balaban J connectivity index is 1.59. The number of hydrogen-bond acceptors (Lipinski definition) is 6. The van der Waals surface area contributed by atoms with Crippen LogP contribution in [0.5, 0.6) is 5.88 Å². The van der Waals surface area contributed by atoms with Gasteiger partial charge >= 0.3 is 0 Å². The van der Waals surface area contributed by atoms with E-state index in [1.165, 1.54) is 0 Å². The fourth-order valence-electron chi connectivity index (χ4n) is 7.25. The summed E-state index contributed by atoms with van der Waals surface area (Å²) in [6.07, 6.45) is 0. The van der Waals surface area contributed by atoms with Crippen molar-refractivity contribution in [2.24, 2.45) is 0 Å². The molecule has 188 valence electrons. The van der Waals surface area contributed by atoms with Crippen molar-refractivity contribution >= 4 is 34.1 Å². The predicted molar refractivity (Wildman–Crippen MR) is 143 cm³/mol. The first-order valence-corrected chi connectivity index (χ1v) is 12.6. The standard InChI is InChI=1S/C31H25N3O4/c1-17-9-8-10-18-15-21(28(38-3)33-25(17)18)23-16-34(2)31(26(35)19-11-4-5-12-20(19)27(31)36)30(23)22-13-6-7-14-24(22)32-29(30)37/h4-15,23H,16H2,1-3H3,(H,32,37)/t23-,30+/m0/s1. The lowest BCUT2D eigenvalue weighted by Crippen LogP contribution is -2.66. The van der Waals surface area contributed by atoms with Gasteiger partial charge in [-0.05, 0) is 37.2 Å². The van der Waals surface area contributed by atoms with E-state index in [0.29, 0.717) is 33.8 Å². The van der Waals surface area contributed by atoms with E-state index in [-0.39, 0.29) is 24.0 Å². The van der Waals surface area contributed by atoms with Crippen LogP contribution in [-0.4, -0.2) is 53.6 Å². The molecule has 3 aliphatic rings. The van der Waals surface area contributed by atoms with Crippen molar-refractivity contribution < 1.29 is 19.1 Å². The third-order valence-electron chi connectivity index (χ3n) is 8.76. The molecule has 0 saturated carbocycles. The molecule has 1 N–H and O–H groups in total. The van der Waals surface area contributed by atoms with Gasteiger partial charge in [0.2, 0.25) is 11.8 Å². The number of para-hydroxylation sites is 2. The van der Waals surface area contributed by atoms with Crippen LogP contribution in [0.15, 0.2) is 72.8 Å². The fraction of sp³-hybridized carbons (Fsp3) is 0.226. The number of hydrogen-bond donors (Lipinski definition) is 1. The van der Waals surface area contributed by atoms with Crippen LogP contribution in [0.4, 0.5) is 5.69 Å². The van der Waals surface area contributed by atoms with Crippen LogP contribution < -0.4 is 10.1 Å². The summed E-state index contributed by atoms with van der Waals surface area (Å²) in [5.41, 5.74) is 1.17. The molecule has 3 heterocycles. The van der Waals surface area contributed by atoms with Crippen LogP contribution in [0.25, 0.3) is 10.9 Å². The third-order valence-corrected chi connectivity index (χ3v) is 8.76. The molecule has 38 heavy (non-hydrogen) atoms. The average Bonchev–Trinajstić information content (AvgIpc) is 3.47. The normalized spacial score (nSPS) is 23.3. The van der Waals surface area contributed by atoms with Crippen molar-refractivity contribution in [3.05, 3.63) is 101 Å². The van der Waals surface area contributed by atoms with Gasteiger partial charge in [-0.15, -0.1) is 0 Å². The van der Waals surface area contributed by atoms with Crippen molar-refractivity contribution in [2.75, 3.05) is 26.0 Å². The van der Waals surface area contributed by atoms with Gasteiger partial charge in [-0.2, -0.15) is 0 Å². The number of nitrogens with one attached hydrogen (secondary N) is 1. The second kappa shape index (κ2) is 7.58. The van der Waals surface area contributed by atoms with Gasteiger partial charge in [-0.3, -0.25) is 19.3 Å². The molecule has 1 amide bonds. The van der Waals surface area contributed by atoms with E-state index < -0.39 is 16.9 Å². The lowest BCUT2D eigenvalue weighted by molar-refractivity contribution is -0.122. The Hall–Kier alpha value is -4.36. The van der Waals surface area contributed by atoms with Crippen molar-refractivity contribution in [1.82, 2.24) is 9.88 Å². The number of nitrogens with zero attached hydrogens (tertiary/aromatic N) is 2. The van der Waals surface area contributed by atoms with E-state index in [1.807, 2.05) is 55.5 Å². The molecule has 1 saturated heterocycles. The lowest BCUT2D eigenvalue weighted by Gasteiger charge is -2.42. The smallest absolute Gasteiger partial charge is 0.238 e. The number of ether oxygens (including phenoxy) is 1. The first-order chi connectivity index (χ1) is 18.4. The van der Waals surface area contributed by atoms with Gasteiger partial charge < -0.3 is 10.1 Å². The van der Waals surface area contributed by atoms with Gasteiger partial charge in [0.15, 0.2) is 17.1 Å². The molecular weight excluding hydrogens is 478 g/mol. The molecule has 2 spiro atoms. The summed E-state index contributed by atoms with van der Waals surface area (Å²) in [4.78, 5) is 49.9. The highest BCUT2D eigenvalue weighted by Crippen LogP contribution is 2.63. The lowest BCUT2D eigenvalue weighted by atomic mass is 9.58. The number of likely N-dealkylation sites (N-methyl/N-ethyl adjacent to an activating group) is 1. The molecule has 0 bridgehead atoms. The van der Waals surface area contributed by atoms with Gasteiger partial charge in [-0.1, -0.05) is 60.7 Å². The molecule has 2 atom stereocenters. The molecule has 7 nitrogen and oxygen atoms in total. The Bertz CT molecular complexity index is 1690. The molecule has 1 aromatic heterocycles. The maximum atomic E-state index is 14.5. The summed E-state index contributed by atoms with van der Waals surface area (Å²) in [6.45, 7) is 2.27. The van der Waals surface area contributed by atoms with E-state index in [1.54, 1.807) is 43.3 Å². The minimum absolute atomic E-state index is 0.280. The zero-order valence-electron chi connectivity index (χ0n) is 21.2. The Morgan fingerprint density at radius 1 is 0.947 bits per heavy atom. The molecule has 2 aliphatic heterocycles. The second-order valence-electron chi connectivity index (χ2n) is 10.4. The van der Waals surface area contributed by atoms with Crippen LogP contribution in [0.1, 0.15) is 43.3 Å². The summed E-state index contributed by atoms with van der Waals surface area (Å²) >= 11 is 0. The van der Waals surface area contributed by atoms with Crippen molar-refractivity contribution in [1.29, 1.82) is 0 Å². The van der Waals surface area contributed by atoms with Gasteiger partial charge in [0.05, 0.1) is 12.6 Å². The van der Waals surface area contributed by atoms with Gasteiger partial charge in [0, 0.05) is 40.2 Å². The van der Waals surface area contributed by atoms with Crippen LogP contribution in [-0.2, 0) is 10.2 Å². The monoisotopic (exact) mass is 503 g/mol. The highest BCUT2D eigenvalue weighted by Gasteiger charge is 2.79. The number of anilines is 1. The highest BCUT2D eigenvalue weighted by atomic mass is 16.5. The summed E-state index contributed by atoms with van der Waals surface area (Å²) in [7, 11) is 3.32. The number of amides is 1. The third kappa shape index (κ3) is 2.43. The number of ketones is 2. The van der Waals surface area contributed by atoms with E-state index in [4.69, 9.17) is 9.72 Å². The number of aryl methyl sites for hydroxylation is 1. The summed E-state index contributed by atoms with van der Waals surface area (Å²) < 4.78 is 5.82. The quantitative estimate of drug-likeness (QED) is 0.411. The minimum atomic E-state index is -1.75. The van der Waals surface area contributed by atoms with E-state index in [2.05, 4.69) is 5.32 Å². The Morgan fingerprint density at radius 2 is 1.63 bits per heavy atom. The topological polar surface area (TPSA) is 88.6 Å². The number of carbonyl (C=O) groups excluding carboxylic acids is 3. The molecule has 0 radical (unpaired) electrons. The molecule has 4 aromatic rings. The molecule has 7 rings (SSSR count). The number of rotatable bonds is 2. The predicted octanol–water partition coefficient (Wildman–Crippen LogP) is 4.29. The number of methoxy groups -OCH3 is 1. The molecule has 3 aromatic carbocycles. The maximum Gasteiger partial charge on any atom is 0.238 e. The number of aromatic nitrogens is 1. The molecular formula is C31H25N3O4. The summed E-state index contributed by atoms with van der Waals surface area (Å²) in [6, 6.07) is 22.2. The number of Topliss-reactive ketones (excluding diaryl/α,β-unsaturated/α-hetero) is 2. The zero-order chi connectivity index (χ0) is 26.4. The molecule has 1 aliphatic carbocycles. The Labute approximate surface area is 219 Å².